The van der Waals surface area contributed by atoms with E-state index in [1.165, 1.54) is 12.8 Å². The first kappa shape index (κ1) is 9.39. The summed E-state index contributed by atoms with van der Waals surface area (Å²) < 4.78 is 7.26. The molecule has 1 fully saturated rings. The van der Waals surface area contributed by atoms with Crippen molar-refractivity contribution in [3.05, 3.63) is 30.7 Å². The van der Waals surface area contributed by atoms with Crippen LogP contribution in [0.5, 0.6) is 5.88 Å². The Kier molecular flexibility index (Phi) is 2.13. The van der Waals surface area contributed by atoms with Gasteiger partial charge < -0.3 is 9.30 Å². The summed E-state index contributed by atoms with van der Waals surface area (Å²) in [5, 5.41) is 0. The van der Waals surface area contributed by atoms with Crippen molar-refractivity contribution in [3.8, 4) is 17.3 Å². The Morgan fingerprint density at radius 3 is 2.81 bits per heavy atom. The van der Waals surface area contributed by atoms with Gasteiger partial charge in [0.15, 0.2) is 0 Å². The number of nitrogens with zero attached hydrogens (tertiary/aromatic N) is 3. The lowest BCUT2D eigenvalue weighted by Gasteiger charge is -2.06. The average Bonchev–Trinajstić information content (AvgIpc) is 3.07. The molecular formula is C12H13N3O. The second-order valence-electron chi connectivity index (χ2n) is 3.98. The highest BCUT2D eigenvalue weighted by atomic mass is 16.5. The van der Waals surface area contributed by atoms with E-state index in [4.69, 9.17) is 4.74 Å². The summed E-state index contributed by atoms with van der Waals surface area (Å²) in [5.41, 5.74) is 1.04. The molecule has 2 aromatic rings. The fraction of sp³-hybridized carbons (Fsp3) is 0.333. The molecule has 0 N–H and O–H groups in total. The second kappa shape index (κ2) is 3.63. The van der Waals surface area contributed by atoms with Crippen LogP contribution in [0, 0.1) is 0 Å². The Morgan fingerprint density at radius 2 is 2.19 bits per heavy atom. The quantitative estimate of drug-likeness (QED) is 0.788. The first-order chi connectivity index (χ1) is 7.88. The van der Waals surface area contributed by atoms with E-state index in [0.717, 1.165) is 11.4 Å². The molecule has 1 aliphatic rings. The summed E-state index contributed by atoms with van der Waals surface area (Å²) in [7, 11) is 1.62. The Labute approximate surface area is 93.9 Å². The van der Waals surface area contributed by atoms with Crippen molar-refractivity contribution in [1.82, 2.24) is 14.5 Å². The van der Waals surface area contributed by atoms with Gasteiger partial charge in [-0.05, 0) is 18.9 Å². The van der Waals surface area contributed by atoms with Gasteiger partial charge in [-0.1, -0.05) is 0 Å². The predicted octanol–water partition coefficient (Wildman–Crippen LogP) is 2.29. The van der Waals surface area contributed by atoms with Crippen molar-refractivity contribution in [2.75, 3.05) is 7.11 Å². The molecule has 3 rings (SSSR count). The van der Waals surface area contributed by atoms with E-state index in [-0.39, 0.29) is 0 Å². The number of rotatable bonds is 3. The zero-order chi connectivity index (χ0) is 11.0. The van der Waals surface area contributed by atoms with Gasteiger partial charge in [-0.15, -0.1) is 0 Å². The molecule has 82 valence electrons. The van der Waals surface area contributed by atoms with Crippen molar-refractivity contribution >= 4 is 0 Å². The maximum atomic E-state index is 5.04. The van der Waals surface area contributed by atoms with E-state index in [9.17, 15) is 0 Å². The molecule has 0 spiro atoms. The highest BCUT2D eigenvalue weighted by Gasteiger charge is 2.25. The number of hydrogen-bond acceptors (Lipinski definition) is 3. The zero-order valence-corrected chi connectivity index (χ0v) is 9.13. The molecule has 0 unspecified atom stereocenters. The number of aromatic nitrogens is 3. The summed E-state index contributed by atoms with van der Waals surface area (Å²) >= 11 is 0. The number of methoxy groups -OCH3 is 1. The molecule has 0 amide bonds. The molecule has 0 saturated heterocycles. The summed E-state index contributed by atoms with van der Waals surface area (Å²) in [5.74, 6) is 1.63. The lowest BCUT2D eigenvalue weighted by molar-refractivity contribution is 0.398. The Hall–Kier alpha value is -1.84. The second-order valence-corrected chi connectivity index (χ2v) is 3.98. The summed E-state index contributed by atoms with van der Waals surface area (Å²) in [6.45, 7) is 0. The number of hydrogen-bond donors (Lipinski definition) is 0. The zero-order valence-electron chi connectivity index (χ0n) is 9.13. The molecule has 4 heteroatoms. The molecule has 2 heterocycles. The molecule has 4 nitrogen and oxygen atoms in total. The summed E-state index contributed by atoms with van der Waals surface area (Å²) in [4.78, 5) is 8.58. The van der Waals surface area contributed by atoms with E-state index in [0.29, 0.717) is 11.9 Å². The van der Waals surface area contributed by atoms with Crippen LogP contribution in [0.3, 0.4) is 0 Å². The normalized spacial score (nSPS) is 15.1. The van der Waals surface area contributed by atoms with Gasteiger partial charge in [-0.3, -0.25) is 0 Å². The minimum Gasteiger partial charge on any atom is -0.481 e. The molecule has 0 bridgehead atoms. The molecule has 0 atom stereocenters. The fourth-order valence-corrected chi connectivity index (χ4v) is 1.82. The molecular weight excluding hydrogens is 202 g/mol. The van der Waals surface area contributed by atoms with Crippen LogP contribution in [-0.2, 0) is 0 Å². The lowest BCUT2D eigenvalue weighted by Crippen LogP contribution is -1.96. The summed E-state index contributed by atoms with van der Waals surface area (Å²) in [6.07, 6.45) is 8.20. The van der Waals surface area contributed by atoms with Crippen LogP contribution in [0.2, 0.25) is 0 Å². The van der Waals surface area contributed by atoms with Crippen molar-refractivity contribution in [2.24, 2.45) is 0 Å². The van der Waals surface area contributed by atoms with E-state index in [1.807, 2.05) is 24.5 Å². The maximum Gasteiger partial charge on any atom is 0.212 e. The van der Waals surface area contributed by atoms with Gasteiger partial charge in [0.2, 0.25) is 5.88 Å². The van der Waals surface area contributed by atoms with Gasteiger partial charge in [0.25, 0.3) is 0 Å². The average molecular weight is 215 g/mol. The lowest BCUT2D eigenvalue weighted by atomic mass is 10.2. The monoisotopic (exact) mass is 215 g/mol. The number of pyridine rings is 1. The van der Waals surface area contributed by atoms with Crippen LogP contribution in [0.1, 0.15) is 18.9 Å². The van der Waals surface area contributed by atoms with Crippen molar-refractivity contribution in [1.29, 1.82) is 0 Å². The smallest absolute Gasteiger partial charge is 0.212 e. The Balaban J connectivity index is 1.97. The van der Waals surface area contributed by atoms with Gasteiger partial charge in [0.05, 0.1) is 7.11 Å². The van der Waals surface area contributed by atoms with Gasteiger partial charge >= 0.3 is 0 Å². The minimum absolute atomic E-state index is 0.633. The Morgan fingerprint density at radius 1 is 1.31 bits per heavy atom. The van der Waals surface area contributed by atoms with Gasteiger partial charge in [0, 0.05) is 36.3 Å². The first-order valence-electron chi connectivity index (χ1n) is 5.42. The SMILES string of the molecule is COc1ccc(-c2nccn2C2CC2)cn1. The molecule has 0 radical (unpaired) electrons. The van der Waals surface area contributed by atoms with E-state index < -0.39 is 0 Å². The van der Waals surface area contributed by atoms with Crippen LogP contribution >= 0.6 is 0 Å². The van der Waals surface area contributed by atoms with Gasteiger partial charge in [0.1, 0.15) is 5.82 Å². The maximum absolute atomic E-state index is 5.04. The van der Waals surface area contributed by atoms with E-state index >= 15 is 0 Å². The van der Waals surface area contributed by atoms with E-state index in [1.54, 1.807) is 13.3 Å². The van der Waals surface area contributed by atoms with Crippen LogP contribution in [0.25, 0.3) is 11.4 Å². The molecule has 0 aliphatic heterocycles. The van der Waals surface area contributed by atoms with Crippen LogP contribution in [0.15, 0.2) is 30.7 Å². The Bertz CT molecular complexity index is 485. The standard InChI is InChI=1S/C12H13N3O/c1-16-11-5-2-9(8-14-11)12-13-6-7-15(12)10-3-4-10/h2,5-8,10H,3-4H2,1H3. The first-order valence-corrected chi connectivity index (χ1v) is 5.42. The highest BCUT2D eigenvalue weighted by Crippen LogP contribution is 2.37. The minimum atomic E-state index is 0.633. The number of imidazole rings is 1. The molecule has 2 aromatic heterocycles. The van der Waals surface area contributed by atoms with Crippen LogP contribution < -0.4 is 4.74 Å². The van der Waals surface area contributed by atoms with Gasteiger partial charge in [-0.2, -0.15) is 0 Å². The largest absolute Gasteiger partial charge is 0.481 e. The third kappa shape index (κ3) is 1.56. The fourth-order valence-electron chi connectivity index (χ4n) is 1.82. The third-order valence-electron chi connectivity index (χ3n) is 2.81. The third-order valence-corrected chi connectivity index (χ3v) is 2.81. The number of ether oxygens (including phenoxy) is 1. The highest BCUT2D eigenvalue weighted by molar-refractivity contribution is 5.55. The molecule has 0 aromatic carbocycles. The van der Waals surface area contributed by atoms with Crippen LogP contribution in [-0.4, -0.2) is 21.6 Å². The molecule has 1 saturated carbocycles. The predicted molar refractivity (Wildman–Crippen MR) is 60.3 cm³/mol. The topological polar surface area (TPSA) is 39.9 Å². The van der Waals surface area contributed by atoms with Crippen molar-refractivity contribution < 1.29 is 4.74 Å². The molecule has 16 heavy (non-hydrogen) atoms. The van der Waals surface area contributed by atoms with Gasteiger partial charge in [-0.25, -0.2) is 9.97 Å². The van der Waals surface area contributed by atoms with Crippen molar-refractivity contribution in [3.63, 3.8) is 0 Å². The summed E-state index contributed by atoms with van der Waals surface area (Å²) in [6, 6.07) is 4.49. The van der Waals surface area contributed by atoms with Crippen molar-refractivity contribution in [2.45, 2.75) is 18.9 Å². The van der Waals surface area contributed by atoms with E-state index in [2.05, 4.69) is 14.5 Å². The van der Waals surface area contributed by atoms with Crippen LogP contribution in [0.4, 0.5) is 0 Å². The molecule has 1 aliphatic carbocycles.